The van der Waals surface area contributed by atoms with Gasteiger partial charge in [-0.1, -0.05) is 60.7 Å². The van der Waals surface area contributed by atoms with Crippen LogP contribution in [0.5, 0.6) is 0 Å². The maximum absolute atomic E-state index is 12.6. The molecule has 8 heteroatoms. The number of amides is 1. The minimum atomic E-state index is -0.443. The fourth-order valence-corrected chi connectivity index (χ4v) is 3.88. The Morgan fingerprint density at radius 1 is 0.971 bits per heavy atom. The molecular formula is C26H19N5O3. The number of non-ortho nitro benzene ring substituents is 1. The monoisotopic (exact) mass is 449 g/mol. The molecule has 8 nitrogen and oxygen atoms in total. The highest BCUT2D eigenvalue weighted by molar-refractivity contribution is 6.13. The molecule has 0 aliphatic rings. The fraction of sp³-hybridized carbons (Fsp3) is 0.0385. The summed E-state index contributed by atoms with van der Waals surface area (Å²) < 4.78 is 1.60. The Hall–Kier alpha value is -4.85. The van der Waals surface area contributed by atoms with Crippen LogP contribution in [0, 0.1) is 10.1 Å². The van der Waals surface area contributed by atoms with Crippen LogP contribution in [-0.4, -0.2) is 26.8 Å². The predicted molar refractivity (Wildman–Crippen MR) is 131 cm³/mol. The van der Waals surface area contributed by atoms with E-state index in [0.717, 1.165) is 32.7 Å². The quantitative estimate of drug-likeness (QED) is 0.172. The molecule has 0 aliphatic carbocycles. The topological polar surface area (TPSA) is 102 Å². The van der Waals surface area contributed by atoms with Gasteiger partial charge in [0.25, 0.3) is 11.6 Å². The van der Waals surface area contributed by atoms with Gasteiger partial charge in [0.15, 0.2) is 5.69 Å². The standard InChI is InChI=1S/C26H19N5O3/c32-26(25-13-14-30(29-25)17-18-9-11-21(12-10-18)31(33)34)28-27-16-24-22-7-3-1-5-19(22)15-20-6-2-4-8-23(20)24/h1-16H,17H2,(H,28,32). The molecule has 0 radical (unpaired) electrons. The Labute approximate surface area is 194 Å². The van der Waals surface area contributed by atoms with Gasteiger partial charge >= 0.3 is 0 Å². The first-order chi connectivity index (χ1) is 16.6. The van der Waals surface area contributed by atoms with E-state index in [0.29, 0.717) is 6.54 Å². The number of hydrogen-bond acceptors (Lipinski definition) is 5. The van der Waals surface area contributed by atoms with Gasteiger partial charge in [-0.3, -0.25) is 19.6 Å². The first-order valence-electron chi connectivity index (χ1n) is 10.6. The molecule has 5 aromatic rings. The Kier molecular flexibility index (Phi) is 5.53. The zero-order valence-electron chi connectivity index (χ0n) is 18.0. The zero-order valence-corrected chi connectivity index (χ0v) is 18.0. The molecule has 1 aromatic heterocycles. The normalized spacial score (nSPS) is 11.3. The number of hydrazone groups is 1. The van der Waals surface area contributed by atoms with Crippen LogP contribution < -0.4 is 5.43 Å². The van der Waals surface area contributed by atoms with E-state index in [1.165, 1.54) is 12.1 Å². The van der Waals surface area contributed by atoms with Gasteiger partial charge in [-0.15, -0.1) is 0 Å². The van der Waals surface area contributed by atoms with Crippen LogP contribution in [0.3, 0.4) is 0 Å². The van der Waals surface area contributed by atoms with E-state index in [2.05, 4.69) is 33.8 Å². The number of fused-ring (bicyclic) bond motifs is 2. The molecule has 0 fully saturated rings. The Morgan fingerprint density at radius 2 is 1.62 bits per heavy atom. The molecule has 0 spiro atoms. The summed E-state index contributed by atoms with van der Waals surface area (Å²) in [6, 6.07) is 26.1. The van der Waals surface area contributed by atoms with Crippen molar-refractivity contribution in [3.8, 4) is 0 Å². The van der Waals surface area contributed by atoms with Gasteiger partial charge in [-0.05, 0) is 39.2 Å². The number of carbonyl (C=O) groups excluding carboxylic acids is 1. The lowest BCUT2D eigenvalue weighted by Gasteiger charge is -2.07. The van der Waals surface area contributed by atoms with Gasteiger partial charge in [0.1, 0.15) is 0 Å². The largest absolute Gasteiger partial charge is 0.291 e. The fourth-order valence-electron chi connectivity index (χ4n) is 3.88. The van der Waals surface area contributed by atoms with Gasteiger partial charge in [0.2, 0.25) is 0 Å². The number of benzene rings is 4. The average molecular weight is 449 g/mol. The molecule has 0 saturated heterocycles. The van der Waals surface area contributed by atoms with E-state index in [1.807, 2.05) is 36.4 Å². The van der Waals surface area contributed by atoms with Crippen molar-refractivity contribution in [1.82, 2.24) is 15.2 Å². The summed E-state index contributed by atoms with van der Waals surface area (Å²) in [4.78, 5) is 22.9. The van der Waals surface area contributed by atoms with Crippen LogP contribution in [0.4, 0.5) is 5.69 Å². The molecule has 0 saturated carbocycles. The molecule has 1 N–H and O–H groups in total. The highest BCUT2D eigenvalue weighted by atomic mass is 16.6. The van der Waals surface area contributed by atoms with Crippen molar-refractivity contribution in [2.45, 2.75) is 6.54 Å². The molecule has 5 rings (SSSR count). The molecule has 166 valence electrons. The number of nitrogens with zero attached hydrogens (tertiary/aromatic N) is 4. The van der Waals surface area contributed by atoms with E-state index in [4.69, 9.17) is 0 Å². The van der Waals surface area contributed by atoms with Crippen LogP contribution in [-0.2, 0) is 6.54 Å². The second-order valence-electron chi connectivity index (χ2n) is 7.75. The molecule has 0 unspecified atom stereocenters. The summed E-state index contributed by atoms with van der Waals surface area (Å²) in [5, 5.41) is 23.6. The van der Waals surface area contributed by atoms with E-state index in [-0.39, 0.29) is 11.4 Å². The molecule has 1 heterocycles. The predicted octanol–water partition coefficient (Wildman–Crippen LogP) is 4.91. The third-order valence-corrected chi connectivity index (χ3v) is 5.54. The number of nitro groups is 1. The average Bonchev–Trinajstić information content (AvgIpc) is 3.32. The third-order valence-electron chi connectivity index (χ3n) is 5.54. The van der Waals surface area contributed by atoms with Gasteiger partial charge < -0.3 is 0 Å². The molecule has 4 aromatic carbocycles. The minimum absolute atomic E-state index is 0.0288. The van der Waals surface area contributed by atoms with Gasteiger partial charge in [-0.2, -0.15) is 10.2 Å². The third kappa shape index (κ3) is 4.24. The lowest BCUT2D eigenvalue weighted by molar-refractivity contribution is -0.384. The van der Waals surface area contributed by atoms with Crippen molar-refractivity contribution in [3.05, 3.63) is 118 Å². The first-order valence-corrected chi connectivity index (χ1v) is 10.6. The number of carbonyl (C=O) groups is 1. The smallest absolute Gasteiger partial charge is 0.268 e. The summed E-state index contributed by atoms with van der Waals surface area (Å²) in [5.41, 5.74) is 4.57. The van der Waals surface area contributed by atoms with E-state index in [1.54, 1.807) is 35.3 Å². The van der Waals surface area contributed by atoms with Crippen LogP contribution in [0.15, 0.2) is 96.2 Å². The summed E-state index contributed by atoms with van der Waals surface area (Å²) in [7, 11) is 0. The van der Waals surface area contributed by atoms with Crippen molar-refractivity contribution in [1.29, 1.82) is 0 Å². The van der Waals surface area contributed by atoms with Gasteiger partial charge in [-0.25, -0.2) is 5.43 Å². The highest BCUT2D eigenvalue weighted by Crippen LogP contribution is 2.27. The SMILES string of the molecule is O=C(NN=Cc1c2ccccc2cc2ccccc12)c1ccn(Cc2ccc([N+](=O)[O-])cc2)n1. The number of hydrogen-bond donors (Lipinski definition) is 1. The van der Waals surface area contributed by atoms with Crippen molar-refractivity contribution < 1.29 is 9.72 Å². The molecule has 0 bridgehead atoms. The first kappa shape index (κ1) is 21.0. The van der Waals surface area contributed by atoms with E-state index >= 15 is 0 Å². The Morgan fingerprint density at radius 3 is 2.26 bits per heavy atom. The second-order valence-corrected chi connectivity index (χ2v) is 7.75. The van der Waals surface area contributed by atoms with Gasteiger partial charge in [0.05, 0.1) is 17.7 Å². The number of rotatable bonds is 6. The summed E-state index contributed by atoms with van der Waals surface area (Å²) >= 11 is 0. The van der Waals surface area contributed by atoms with Crippen LogP contribution >= 0.6 is 0 Å². The second kappa shape index (κ2) is 8.95. The summed E-state index contributed by atoms with van der Waals surface area (Å²) in [6.07, 6.45) is 3.34. The number of nitro benzene ring substituents is 1. The maximum atomic E-state index is 12.6. The highest BCUT2D eigenvalue weighted by Gasteiger charge is 2.10. The zero-order chi connectivity index (χ0) is 23.5. The lowest BCUT2D eigenvalue weighted by atomic mass is 9.97. The van der Waals surface area contributed by atoms with Crippen molar-refractivity contribution in [2.24, 2.45) is 5.10 Å². The van der Waals surface area contributed by atoms with Crippen molar-refractivity contribution in [2.75, 3.05) is 0 Å². The van der Waals surface area contributed by atoms with E-state index in [9.17, 15) is 14.9 Å². The van der Waals surface area contributed by atoms with Crippen molar-refractivity contribution >= 4 is 39.4 Å². The minimum Gasteiger partial charge on any atom is -0.268 e. The maximum Gasteiger partial charge on any atom is 0.291 e. The van der Waals surface area contributed by atoms with Crippen LogP contribution in [0.25, 0.3) is 21.5 Å². The Bertz CT molecular complexity index is 1500. The van der Waals surface area contributed by atoms with Crippen LogP contribution in [0.1, 0.15) is 21.6 Å². The van der Waals surface area contributed by atoms with E-state index < -0.39 is 10.8 Å². The van der Waals surface area contributed by atoms with Crippen molar-refractivity contribution in [3.63, 3.8) is 0 Å². The molecular weight excluding hydrogens is 430 g/mol. The molecule has 1 amide bonds. The van der Waals surface area contributed by atoms with Crippen LogP contribution in [0.2, 0.25) is 0 Å². The molecule has 34 heavy (non-hydrogen) atoms. The summed E-state index contributed by atoms with van der Waals surface area (Å²) in [6.45, 7) is 0.385. The molecule has 0 aliphatic heterocycles. The number of aromatic nitrogens is 2. The molecule has 0 atom stereocenters. The Balaban J connectivity index is 1.32. The van der Waals surface area contributed by atoms with Gasteiger partial charge in [0, 0.05) is 23.9 Å². The number of nitrogens with one attached hydrogen (secondary N) is 1. The summed E-state index contributed by atoms with van der Waals surface area (Å²) in [5.74, 6) is -0.428. The lowest BCUT2D eigenvalue weighted by Crippen LogP contribution is -2.18.